The number of alkyl halides is 4. The third-order valence-electron chi connectivity index (χ3n) is 1.80. The molecule has 0 N–H and O–H groups in total. The number of halogens is 5. The molecule has 1 rings (SSSR count). The Labute approximate surface area is 118 Å². The maximum absolute atomic E-state index is 12.0. The first kappa shape index (κ1) is 14.7. The van der Waals surface area contributed by atoms with Gasteiger partial charge in [-0.25, -0.2) is 0 Å². The smallest absolute Gasteiger partial charge is 0.405 e. The molecule has 1 aromatic carbocycles. The molecule has 0 fully saturated rings. The number of hydrogen-bond donors (Lipinski definition) is 0. The Morgan fingerprint density at radius 1 is 1.41 bits per heavy atom. The second-order valence-corrected chi connectivity index (χ2v) is 5.01. The van der Waals surface area contributed by atoms with Crippen molar-refractivity contribution in [2.24, 2.45) is 0 Å². The SMILES string of the molecule is O=C(CCBr)c1ccc(OC(F)(F)F)c(I)c1. The summed E-state index contributed by atoms with van der Waals surface area (Å²) in [6, 6.07) is 3.86. The predicted octanol–water partition coefficient (Wildman–Crippen LogP) is 4.16. The third kappa shape index (κ3) is 4.82. The van der Waals surface area contributed by atoms with E-state index in [0.29, 0.717) is 17.3 Å². The van der Waals surface area contributed by atoms with Crippen LogP contribution in [-0.4, -0.2) is 17.5 Å². The molecule has 0 aliphatic heterocycles. The summed E-state index contributed by atoms with van der Waals surface area (Å²) >= 11 is 4.82. The Hall–Kier alpha value is -0.310. The number of rotatable bonds is 4. The number of carbonyl (C=O) groups excluding carboxylic acids is 1. The van der Waals surface area contributed by atoms with E-state index in [0.717, 1.165) is 6.07 Å². The van der Waals surface area contributed by atoms with Gasteiger partial charge in [-0.15, -0.1) is 13.2 Å². The van der Waals surface area contributed by atoms with E-state index in [1.807, 2.05) is 0 Å². The highest BCUT2D eigenvalue weighted by Gasteiger charge is 2.32. The molecule has 0 unspecified atom stereocenters. The van der Waals surface area contributed by atoms with E-state index < -0.39 is 6.36 Å². The van der Waals surface area contributed by atoms with Crippen molar-refractivity contribution >= 4 is 44.3 Å². The van der Waals surface area contributed by atoms with Gasteiger partial charge >= 0.3 is 6.36 Å². The largest absolute Gasteiger partial charge is 0.573 e. The Morgan fingerprint density at radius 3 is 2.53 bits per heavy atom. The van der Waals surface area contributed by atoms with E-state index in [-0.39, 0.29) is 15.1 Å². The fraction of sp³-hybridized carbons (Fsp3) is 0.300. The van der Waals surface area contributed by atoms with Gasteiger partial charge in [-0.3, -0.25) is 4.79 Å². The van der Waals surface area contributed by atoms with Gasteiger partial charge in [-0.2, -0.15) is 0 Å². The van der Waals surface area contributed by atoms with Crippen LogP contribution in [0.2, 0.25) is 0 Å². The molecule has 0 bridgehead atoms. The van der Waals surface area contributed by atoms with Gasteiger partial charge in [0.2, 0.25) is 0 Å². The zero-order valence-corrected chi connectivity index (χ0v) is 12.1. The van der Waals surface area contributed by atoms with Gasteiger partial charge in [0.05, 0.1) is 3.57 Å². The molecule has 2 nitrogen and oxygen atoms in total. The summed E-state index contributed by atoms with van der Waals surface area (Å²) in [4.78, 5) is 11.5. The van der Waals surface area contributed by atoms with E-state index in [9.17, 15) is 18.0 Å². The third-order valence-corrected chi connectivity index (χ3v) is 3.04. The quantitative estimate of drug-likeness (QED) is 0.414. The summed E-state index contributed by atoms with van der Waals surface area (Å²) in [6.07, 6.45) is -4.42. The minimum Gasteiger partial charge on any atom is -0.405 e. The van der Waals surface area contributed by atoms with Crippen LogP contribution in [-0.2, 0) is 0 Å². The summed E-state index contributed by atoms with van der Waals surface area (Å²) < 4.78 is 40.1. The molecule has 0 heterocycles. The Kier molecular flexibility index (Phi) is 5.23. The number of Topliss-reactive ketones (excluding diaryl/α,β-unsaturated/α-hetero) is 1. The van der Waals surface area contributed by atoms with Crippen LogP contribution in [0, 0.1) is 3.57 Å². The summed E-state index contributed by atoms with van der Waals surface area (Å²) in [5, 5.41) is 0.517. The molecule has 0 amide bonds. The molecule has 17 heavy (non-hydrogen) atoms. The monoisotopic (exact) mass is 422 g/mol. The molecule has 7 heteroatoms. The molecular formula is C10H7BrF3IO2. The summed E-state index contributed by atoms with van der Waals surface area (Å²) in [6.45, 7) is 0. The zero-order valence-electron chi connectivity index (χ0n) is 8.35. The minimum absolute atomic E-state index is 0.127. The van der Waals surface area contributed by atoms with E-state index >= 15 is 0 Å². The fourth-order valence-electron chi connectivity index (χ4n) is 1.11. The summed E-state index contributed by atoms with van der Waals surface area (Å²) in [5.74, 6) is -0.424. The average molecular weight is 423 g/mol. The van der Waals surface area contributed by atoms with Gasteiger partial charge in [-0.1, -0.05) is 15.9 Å². The highest BCUT2D eigenvalue weighted by Crippen LogP contribution is 2.28. The molecule has 0 atom stereocenters. The number of ketones is 1. The zero-order chi connectivity index (χ0) is 13.1. The lowest BCUT2D eigenvalue weighted by molar-refractivity contribution is -0.274. The van der Waals surface area contributed by atoms with Crippen LogP contribution >= 0.6 is 38.5 Å². The fourth-order valence-corrected chi connectivity index (χ4v) is 2.10. The second kappa shape index (κ2) is 6.03. The van der Waals surface area contributed by atoms with E-state index in [1.54, 1.807) is 22.6 Å². The van der Waals surface area contributed by atoms with Crippen LogP contribution in [0.15, 0.2) is 18.2 Å². The second-order valence-electron chi connectivity index (χ2n) is 3.06. The highest BCUT2D eigenvalue weighted by atomic mass is 127. The molecule has 0 aliphatic carbocycles. The Morgan fingerprint density at radius 2 is 2.06 bits per heavy atom. The van der Waals surface area contributed by atoms with Crippen LogP contribution in [0.1, 0.15) is 16.8 Å². The van der Waals surface area contributed by atoms with Gasteiger partial charge in [0.1, 0.15) is 5.75 Å². The molecule has 0 saturated carbocycles. The summed E-state index contributed by atoms with van der Waals surface area (Å²) in [5.41, 5.74) is 0.378. The van der Waals surface area contributed by atoms with Gasteiger partial charge in [-0.05, 0) is 40.8 Å². The predicted molar refractivity (Wildman–Crippen MR) is 68.6 cm³/mol. The lowest BCUT2D eigenvalue weighted by Gasteiger charge is -2.11. The van der Waals surface area contributed by atoms with Crippen molar-refractivity contribution in [2.45, 2.75) is 12.8 Å². The average Bonchev–Trinajstić information content (AvgIpc) is 2.19. The molecule has 0 saturated heterocycles. The Bertz CT molecular complexity index is 421. The lowest BCUT2D eigenvalue weighted by Crippen LogP contribution is -2.18. The molecule has 0 radical (unpaired) electrons. The molecule has 0 aromatic heterocycles. The molecular weight excluding hydrogens is 416 g/mol. The van der Waals surface area contributed by atoms with Gasteiger partial charge < -0.3 is 4.74 Å². The van der Waals surface area contributed by atoms with Gasteiger partial charge in [0.15, 0.2) is 5.78 Å². The summed E-state index contributed by atoms with van der Waals surface area (Å²) in [7, 11) is 0. The normalized spacial score (nSPS) is 11.4. The van der Waals surface area contributed by atoms with Crippen molar-refractivity contribution in [2.75, 3.05) is 5.33 Å². The standard InChI is InChI=1S/C10H7BrF3IO2/c11-4-3-8(16)6-1-2-9(7(15)5-6)17-10(12,13)14/h1-2,5H,3-4H2. The van der Waals surface area contributed by atoms with Crippen LogP contribution in [0.25, 0.3) is 0 Å². The molecule has 0 spiro atoms. The molecule has 0 aliphatic rings. The maximum atomic E-state index is 12.0. The van der Waals surface area contributed by atoms with Gasteiger partial charge in [0.25, 0.3) is 0 Å². The van der Waals surface area contributed by atoms with Crippen LogP contribution in [0.5, 0.6) is 5.75 Å². The Balaban J connectivity index is 2.90. The van der Waals surface area contributed by atoms with Gasteiger partial charge in [0, 0.05) is 17.3 Å². The number of carbonyl (C=O) groups is 1. The van der Waals surface area contributed by atoms with Crippen molar-refractivity contribution in [1.29, 1.82) is 0 Å². The van der Waals surface area contributed by atoms with E-state index in [4.69, 9.17) is 0 Å². The van der Waals surface area contributed by atoms with Crippen molar-refractivity contribution in [3.8, 4) is 5.75 Å². The molecule has 1 aromatic rings. The number of ether oxygens (including phenoxy) is 1. The number of benzene rings is 1. The van der Waals surface area contributed by atoms with Crippen molar-refractivity contribution in [3.05, 3.63) is 27.3 Å². The first-order chi connectivity index (χ1) is 7.83. The molecule has 94 valence electrons. The van der Waals surface area contributed by atoms with Crippen molar-refractivity contribution in [3.63, 3.8) is 0 Å². The first-order valence-corrected chi connectivity index (χ1v) is 6.68. The minimum atomic E-state index is -4.72. The van der Waals surface area contributed by atoms with Crippen LogP contribution in [0.4, 0.5) is 13.2 Å². The van der Waals surface area contributed by atoms with Crippen molar-refractivity contribution in [1.82, 2.24) is 0 Å². The van der Waals surface area contributed by atoms with E-state index in [2.05, 4.69) is 20.7 Å². The highest BCUT2D eigenvalue weighted by molar-refractivity contribution is 14.1. The first-order valence-electron chi connectivity index (χ1n) is 4.48. The topological polar surface area (TPSA) is 26.3 Å². The lowest BCUT2D eigenvalue weighted by atomic mass is 10.1. The van der Waals surface area contributed by atoms with Crippen LogP contribution in [0.3, 0.4) is 0 Å². The van der Waals surface area contributed by atoms with Crippen LogP contribution < -0.4 is 4.74 Å². The van der Waals surface area contributed by atoms with E-state index in [1.165, 1.54) is 12.1 Å². The maximum Gasteiger partial charge on any atom is 0.573 e. The van der Waals surface area contributed by atoms with Crippen molar-refractivity contribution < 1.29 is 22.7 Å². The number of hydrogen-bond acceptors (Lipinski definition) is 2.